The first-order chi connectivity index (χ1) is 14.3. The van der Waals surface area contributed by atoms with Crippen molar-refractivity contribution < 1.29 is 28.2 Å². The summed E-state index contributed by atoms with van der Waals surface area (Å²) < 4.78 is 24.3. The third-order valence-corrected chi connectivity index (χ3v) is 4.94. The fraction of sp³-hybridized carbons (Fsp3) is 0.227. The van der Waals surface area contributed by atoms with Crippen molar-refractivity contribution in [2.24, 2.45) is 0 Å². The minimum atomic E-state index is -0.642. The van der Waals surface area contributed by atoms with E-state index in [-0.39, 0.29) is 23.4 Å². The fourth-order valence-electron chi connectivity index (χ4n) is 2.69. The summed E-state index contributed by atoms with van der Waals surface area (Å²) in [5.41, 5.74) is 1.06. The topological polar surface area (TPSA) is 72.9 Å². The first kappa shape index (κ1) is 21.6. The zero-order valence-corrected chi connectivity index (χ0v) is 17.3. The Morgan fingerprint density at radius 1 is 1.17 bits per heavy atom. The van der Waals surface area contributed by atoms with Crippen LogP contribution in [0.2, 0.25) is 0 Å². The van der Waals surface area contributed by atoms with Crippen LogP contribution in [0.1, 0.15) is 25.0 Å². The standard InChI is InChI=1S/C22H20FNO5S/c1-14(2)29-20(25)12-24-21(26)19(30-22(24)27)11-15-6-5-8-17(10-15)28-13-16-7-3-4-9-18(16)23/h3-11,14H,12-13H2,1-2H3/b19-11+. The molecule has 0 unspecified atom stereocenters. The van der Waals surface area contributed by atoms with Crippen LogP contribution >= 0.6 is 11.8 Å². The van der Waals surface area contributed by atoms with Crippen molar-refractivity contribution in [3.05, 3.63) is 70.4 Å². The fourth-order valence-corrected chi connectivity index (χ4v) is 3.53. The zero-order chi connectivity index (χ0) is 21.7. The van der Waals surface area contributed by atoms with E-state index in [4.69, 9.17) is 9.47 Å². The predicted octanol–water partition coefficient (Wildman–Crippen LogP) is 4.39. The molecule has 0 N–H and O–H groups in total. The second-order valence-corrected chi connectivity index (χ2v) is 7.75. The average molecular weight is 429 g/mol. The van der Waals surface area contributed by atoms with Crippen LogP contribution in [0.5, 0.6) is 5.75 Å². The second-order valence-electron chi connectivity index (χ2n) is 6.76. The predicted molar refractivity (Wildman–Crippen MR) is 111 cm³/mol. The van der Waals surface area contributed by atoms with Gasteiger partial charge < -0.3 is 9.47 Å². The molecule has 0 aromatic heterocycles. The van der Waals surface area contributed by atoms with Gasteiger partial charge in [0.1, 0.15) is 24.7 Å². The molecule has 1 fully saturated rings. The summed E-state index contributed by atoms with van der Waals surface area (Å²) in [5, 5.41) is -0.529. The molecular weight excluding hydrogens is 409 g/mol. The Hall–Kier alpha value is -3.13. The number of amides is 2. The first-order valence-electron chi connectivity index (χ1n) is 9.24. The summed E-state index contributed by atoms with van der Waals surface area (Å²) in [6.45, 7) is 3.01. The second kappa shape index (κ2) is 9.58. The molecule has 8 heteroatoms. The number of imide groups is 1. The lowest BCUT2D eigenvalue weighted by molar-refractivity contribution is -0.149. The number of rotatable bonds is 7. The molecule has 2 amide bonds. The van der Waals surface area contributed by atoms with Gasteiger partial charge in [0.15, 0.2) is 0 Å². The summed E-state index contributed by atoms with van der Waals surface area (Å²) in [6.07, 6.45) is 1.22. The van der Waals surface area contributed by atoms with E-state index in [0.717, 1.165) is 16.7 Å². The Labute approximate surface area is 177 Å². The highest BCUT2D eigenvalue weighted by molar-refractivity contribution is 8.18. The highest BCUT2D eigenvalue weighted by Crippen LogP contribution is 2.32. The number of ether oxygens (including phenoxy) is 2. The molecule has 1 aliphatic heterocycles. The smallest absolute Gasteiger partial charge is 0.326 e. The SMILES string of the molecule is CC(C)OC(=O)CN1C(=O)S/C(=C/c2cccc(OCc3ccccc3F)c2)C1=O. The van der Waals surface area contributed by atoms with Gasteiger partial charge in [-0.3, -0.25) is 19.3 Å². The van der Waals surface area contributed by atoms with E-state index in [2.05, 4.69) is 0 Å². The van der Waals surface area contributed by atoms with E-state index in [9.17, 15) is 18.8 Å². The van der Waals surface area contributed by atoms with Crippen LogP contribution in [0, 0.1) is 5.82 Å². The molecule has 0 aliphatic carbocycles. The maximum atomic E-state index is 13.7. The Balaban J connectivity index is 1.68. The summed E-state index contributed by atoms with van der Waals surface area (Å²) in [5.74, 6) is -1.05. The quantitative estimate of drug-likeness (QED) is 0.480. The molecule has 0 radical (unpaired) electrons. The summed E-state index contributed by atoms with van der Waals surface area (Å²) in [7, 11) is 0. The number of halogens is 1. The van der Waals surface area contributed by atoms with Crippen LogP contribution in [0.25, 0.3) is 6.08 Å². The van der Waals surface area contributed by atoms with E-state index in [1.165, 1.54) is 6.07 Å². The molecule has 0 atom stereocenters. The summed E-state index contributed by atoms with van der Waals surface area (Å²) in [4.78, 5) is 37.5. The lowest BCUT2D eigenvalue weighted by Crippen LogP contribution is -2.35. The van der Waals surface area contributed by atoms with Crippen LogP contribution in [-0.2, 0) is 20.9 Å². The molecule has 0 bridgehead atoms. The lowest BCUT2D eigenvalue weighted by Gasteiger charge is -2.13. The van der Waals surface area contributed by atoms with Gasteiger partial charge in [0.05, 0.1) is 11.0 Å². The third-order valence-electron chi connectivity index (χ3n) is 4.04. The van der Waals surface area contributed by atoms with Crippen molar-refractivity contribution in [1.82, 2.24) is 4.90 Å². The number of benzene rings is 2. The van der Waals surface area contributed by atoms with E-state index in [1.807, 2.05) is 0 Å². The number of thioether (sulfide) groups is 1. The van der Waals surface area contributed by atoms with E-state index in [1.54, 1.807) is 62.4 Å². The van der Waals surface area contributed by atoms with E-state index >= 15 is 0 Å². The van der Waals surface area contributed by atoms with Gasteiger partial charge in [-0.1, -0.05) is 30.3 Å². The molecule has 1 saturated heterocycles. The highest BCUT2D eigenvalue weighted by atomic mass is 32.2. The molecule has 1 aliphatic rings. The Morgan fingerprint density at radius 3 is 2.67 bits per heavy atom. The van der Waals surface area contributed by atoms with Gasteiger partial charge in [0.25, 0.3) is 11.1 Å². The monoisotopic (exact) mass is 429 g/mol. The largest absolute Gasteiger partial charge is 0.489 e. The maximum absolute atomic E-state index is 13.7. The molecule has 0 saturated carbocycles. The van der Waals surface area contributed by atoms with E-state index < -0.39 is 23.7 Å². The molecule has 2 aromatic rings. The van der Waals surface area contributed by atoms with Crippen LogP contribution in [0.15, 0.2) is 53.4 Å². The molecule has 30 heavy (non-hydrogen) atoms. The van der Waals surface area contributed by atoms with Gasteiger partial charge >= 0.3 is 5.97 Å². The van der Waals surface area contributed by atoms with Crippen molar-refractivity contribution in [2.45, 2.75) is 26.6 Å². The first-order valence-corrected chi connectivity index (χ1v) is 10.1. The van der Waals surface area contributed by atoms with Crippen molar-refractivity contribution in [1.29, 1.82) is 0 Å². The van der Waals surface area contributed by atoms with Gasteiger partial charge in [-0.15, -0.1) is 0 Å². The van der Waals surface area contributed by atoms with E-state index in [0.29, 0.717) is 16.9 Å². The number of nitrogens with zero attached hydrogens (tertiary/aromatic N) is 1. The molecule has 2 aromatic carbocycles. The Kier molecular flexibility index (Phi) is 6.89. The van der Waals surface area contributed by atoms with Gasteiger partial charge in [0.2, 0.25) is 0 Å². The van der Waals surface area contributed by atoms with Crippen molar-refractivity contribution in [3.8, 4) is 5.75 Å². The summed E-state index contributed by atoms with van der Waals surface area (Å²) >= 11 is 0.756. The Bertz CT molecular complexity index is 1000. The molecular formula is C22H20FNO5S. The number of carbonyl (C=O) groups is 3. The van der Waals surface area contributed by atoms with Crippen LogP contribution in [-0.4, -0.2) is 34.7 Å². The van der Waals surface area contributed by atoms with Crippen molar-refractivity contribution in [3.63, 3.8) is 0 Å². The minimum absolute atomic E-state index is 0.0601. The van der Waals surface area contributed by atoms with Gasteiger partial charge in [-0.05, 0) is 55.4 Å². The van der Waals surface area contributed by atoms with Gasteiger partial charge in [-0.25, -0.2) is 4.39 Å². The maximum Gasteiger partial charge on any atom is 0.326 e. The average Bonchev–Trinajstić information content (AvgIpc) is 2.94. The molecule has 6 nitrogen and oxygen atoms in total. The van der Waals surface area contributed by atoms with Gasteiger partial charge in [0, 0.05) is 5.56 Å². The number of carbonyl (C=O) groups excluding carboxylic acids is 3. The number of esters is 1. The van der Waals surface area contributed by atoms with Crippen molar-refractivity contribution in [2.75, 3.05) is 6.54 Å². The molecule has 1 heterocycles. The highest BCUT2D eigenvalue weighted by Gasteiger charge is 2.36. The van der Waals surface area contributed by atoms with Crippen LogP contribution in [0.3, 0.4) is 0 Å². The summed E-state index contributed by atoms with van der Waals surface area (Å²) in [6, 6.07) is 13.2. The third kappa shape index (κ3) is 5.48. The molecule has 3 rings (SSSR count). The van der Waals surface area contributed by atoms with Crippen molar-refractivity contribution >= 4 is 35.0 Å². The zero-order valence-electron chi connectivity index (χ0n) is 16.5. The van der Waals surface area contributed by atoms with Crippen LogP contribution < -0.4 is 4.74 Å². The number of hydrogen-bond donors (Lipinski definition) is 0. The Morgan fingerprint density at radius 2 is 1.93 bits per heavy atom. The normalized spacial score (nSPS) is 15.2. The minimum Gasteiger partial charge on any atom is -0.489 e. The van der Waals surface area contributed by atoms with Gasteiger partial charge in [-0.2, -0.15) is 0 Å². The molecule has 156 valence electrons. The van der Waals surface area contributed by atoms with Crippen LogP contribution in [0.4, 0.5) is 9.18 Å². The number of hydrogen-bond acceptors (Lipinski definition) is 6. The lowest BCUT2D eigenvalue weighted by atomic mass is 10.2. The molecule has 0 spiro atoms.